The van der Waals surface area contributed by atoms with Crippen LogP contribution in [-0.4, -0.2) is 25.8 Å². The molecule has 3 aromatic rings. The zero-order valence-electron chi connectivity index (χ0n) is 11.6. The number of amides is 1. The first-order valence-electron chi connectivity index (χ1n) is 6.56. The second-order valence-corrected chi connectivity index (χ2v) is 4.71. The molecule has 9 heteroatoms. The van der Waals surface area contributed by atoms with E-state index in [1.165, 1.54) is 4.68 Å². The predicted molar refractivity (Wildman–Crippen MR) is 79.2 cm³/mol. The fourth-order valence-electron chi connectivity index (χ4n) is 2.08. The van der Waals surface area contributed by atoms with Gasteiger partial charge >= 0.3 is 0 Å². The van der Waals surface area contributed by atoms with Gasteiger partial charge in [-0.05, 0) is 18.2 Å². The molecule has 0 aliphatic rings. The van der Waals surface area contributed by atoms with Crippen molar-refractivity contribution in [3.63, 3.8) is 0 Å². The number of aromatic nitrogens is 3. The number of carbonyl (C=O) groups excluding carboxylic acids is 1. The second-order valence-electron chi connectivity index (χ2n) is 4.71. The van der Waals surface area contributed by atoms with Gasteiger partial charge in [0.25, 0.3) is 5.69 Å². The Morgan fingerprint density at radius 1 is 1.30 bits per heavy atom. The minimum Gasteiger partial charge on any atom is -0.322 e. The number of nitrogens with zero attached hydrogens (tertiary/aromatic N) is 4. The molecular formula is C14H10FN5O3. The summed E-state index contributed by atoms with van der Waals surface area (Å²) in [5.41, 5.74) is 0.713. The Bertz CT molecular complexity index is 908. The Morgan fingerprint density at radius 2 is 2.09 bits per heavy atom. The van der Waals surface area contributed by atoms with Gasteiger partial charge in [-0.3, -0.25) is 14.9 Å². The van der Waals surface area contributed by atoms with Crippen LogP contribution in [0.2, 0.25) is 0 Å². The smallest absolute Gasteiger partial charge is 0.271 e. The van der Waals surface area contributed by atoms with Crippen molar-refractivity contribution < 1.29 is 14.1 Å². The van der Waals surface area contributed by atoms with Crippen LogP contribution in [0.1, 0.15) is 0 Å². The van der Waals surface area contributed by atoms with E-state index in [9.17, 15) is 19.3 Å². The van der Waals surface area contributed by atoms with E-state index in [1.54, 1.807) is 24.3 Å². The Morgan fingerprint density at radius 3 is 2.87 bits per heavy atom. The summed E-state index contributed by atoms with van der Waals surface area (Å²) in [5, 5.41) is 20.8. The third kappa shape index (κ3) is 2.98. The third-order valence-corrected chi connectivity index (χ3v) is 3.15. The van der Waals surface area contributed by atoms with Gasteiger partial charge in [0, 0.05) is 12.1 Å². The van der Waals surface area contributed by atoms with Crippen molar-refractivity contribution in [2.45, 2.75) is 6.54 Å². The number of halogens is 1. The molecular weight excluding hydrogens is 305 g/mol. The summed E-state index contributed by atoms with van der Waals surface area (Å²) in [6.07, 6.45) is 0. The van der Waals surface area contributed by atoms with Crippen LogP contribution >= 0.6 is 0 Å². The van der Waals surface area contributed by atoms with Crippen molar-refractivity contribution in [3.05, 3.63) is 58.4 Å². The Balaban J connectivity index is 1.80. The van der Waals surface area contributed by atoms with Crippen LogP contribution in [0.5, 0.6) is 0 Å². The summed E-state index contributed by atoms with van der Waals surface area (Å²) in [4.78, 5) is 22.1. The maximum atomic E-state index is 13.7. The number of nitrogens with one attached hydrogen (secondary N) is 1. The molecule has 0 spiro atoms. The number of para-hydroxylation sites is 1. The van der Waals surface area contributed by atoms with Crippen LogP contribution in [0.15, 0.2) is 42.5 Å². The Hall–Kier alpha value is -3.36. The zero-order chi connectivity index (χ0) is 16.4. The topological polar surface area (TPSA) is 103 Å². The van der Waals surface area contributed by atoms with Gasteiger partial charge in [-0.2, -0.15) is 0 Å². The molecule has 116 valence electrons. The molecule has 0 atom stereocenters. The first-order valence-corrected chi connectivity index (χ1v) is 6.56. The predicted octanol–water partition coefficient (Wildman–Crippen LogP) is 2.12. The van der Waals surface area contributed by atoms with E-state index in [-0.39, 0.29) is 17.9 Å². The van der Waals surface area contributed by atoms with Gasteiger partial charge in [0.2, 0.25) is 5.91 Å². The molecule has 0 fully saturated rings. The molecule has 1 heterocycles. The number of non-ortho nitro benzene ring substituents is 1. The number of rotatable bonds is 4. The summed E-state index contributed by atoms with van der Waals surface area (Å²) in [6.45, 7) is -0.192. The molecule has 2 aromatic carbocycles. The van der Waals surface area contributed by atoms with E-state index >= 15 is 0 Å². The lowest BCUT2D eigenvalue weighted by atomic mass is 10.2. The lowest BCUT2D eigenvalue weighted by Crippen LogP contribution is -2.20. The van der Waals surface area contributed by atoms with E-state index in [1.807, 2.05) is 0 Å². The van der Waals surface area contributed by atoms with E-state index in [4.69, 9.17) is 0 Å². The van der Waals surface area contributed by atoms with Crippen LogP contribution < -0.4 is 5.32 Å². The van der Waals surface area contributed by atoms with Gasteiger partial charge < -0.3 is 5.32 Å². The van der Waals surface area contributed by atoms with Gasteiger partial charge in [-0.15, -0.1) is 5.10 Å². The minimum absolute atomic E-state index is 0.192. The molecule has 23 heavy (non-hydrogen) atoms. The molecule has 0 saturated carbocycles. The fraction of sp³-hybridized carbons (Fsp3) is 0.0714. The molecule has 3 rings (SSSR count). The standard InChI is InChI=1S/C14H10FN5O3/c15-10-6-5-9(20(22)23)7-12(10)16-14(21)8-19-13-4-2-1-3-11(13)17-18-19/h1-7H,8H2,(H,16,21). The maximum absolute atomic E-state index is 13.7. The summed E-state index contributed by atoms with van der Waals surface area (Å²) in [6, 6.07) is 9.98. The number of carbonyl (C=O) groups is 1. The molecule has 0 radical (unpaired) electrons. The van der Waals surface area contributed by atoms with Crippen LogP contribution in [0.4, 0.5) is 15.8 Å². The number of fused-ring (bicyclic) bond motifs is 1. The van der Waals surface area contributed by atoms with Crippen molar-refractivity contribution >= 4 is 28.3 Å². The molecule has 0 saturated heterocycles. The Labute approximate surface area is 128 Å². The summed E-state index contributed by atoms with van der Waals surface area (Å²) >= 11 is 0. The third-order valence-electron chi connectivity index (χ3n) is 3.15. The molecule has 1 N–H and O–H groups in total. The molecule has 0 aliphatic carbocycles. The van der Waals surface area contributed by atoms with Crippen molar-refractivity contribution in [2.75, 3.05) is 5.32 Å². The number of nitro benzene ring substituents is 1. The zero-order valence-corrected chi connectivity index (χ0v) is 11.6. The number of nitro groups is 1. The van der Waals surface area contributed by atoms with Gasteiger partial charge in [-0.1, -0.05) is 17.3 Å². The summed E-state index contributed by atoms with van der Waals surface area (Å²) in [5.74, 6) is -1.33. The molecule has 8 nitrogen and oxygen atoms in total. The van der Waals surface area contributed by atoms with Crippen LogP contribution in [0, 0.1) is 15.9 Å². The van der Waals surface area contributed by atoms with E-state index in [0.717, 1.165) is 18.2 Å². The molecule has 0 unspecified atom stereocenters. The summed E-state index contributed by atoms with van der Waals surface area (Å²) in [7, 11) is 0. The molecule has 0 aliphatic heterocycles. The number of benzene rings is 2. The van der Waals surface area contributed by atoms with Crippen LogP contribution in [0.25, 0.3) is 11.0 Å². The monoisotopic (exact) mass is 315 g/mol. The van der Waals surface area contributed by atoms with Crippen molar-refractivity contribution in [3.8, 4) is 0 Å². The highest BCUT2D eigenvalue weighted by Gasteiger charge is 2.14. The Kier molecular flexibility index (Phi) is 3.67. The van der Waals surface area contributed by atoms with Crippen molar-refractivity contribution in [2.24, 2.45) is 0 Å². The largest absolute Gasteiger partial charge is 0.322 e. The van der Waals surface area contributed by atoms with Gasteiger partial charge in [0.05, 0.1) is 16.1 Å². The normalized spacial score (nSPS) is 10.7. The average Bonchev–Trinajstić information content (AvgIpc) is 2.92. The molecule has 1 aromatic heterocycles. The van der Waals surface area contributed by atoms with Gasteiger partial charge in [-0.25, -0.2) is 9.07 Å². The molecule has 1 amide bonds. The van der Waals surface area contributed by atoms with E-state index in [2.05, 4.69) is 15.6 Å². The molecule has 0 bridgehead atoms. The van der Waals surface area contributed by atoms with Crippen molar-refractivity contribution in [1.29, 1.82) is 0 Å². The number of hydrogen-bond acceptors (Lipinski definition) is 5. The highest BCUT2D eigenvalue weighted by atomic mass is 19.1. The highest BCUT2D eigenvalue weighted by molar-refractivity contribution is 5.91. The highest BCUT2D eigenvalue weighted by Crippen LogP contribution is 2.21. The van der Waals surface area contributed by atoms with Crippen LogP contribution in [0.3, 0.4) is 0 Å². The summed E-state index contributed by atoms with van der Waals surface area (Å²) < 4.78 is 15.0. The van der Waals surface area contributed by atoms with Crippen molar-refractivity contribution in [1.82, 2.24) is 15.0 Å². The lowest BCUT2D eigenvalue weighted by molar-refractivity contribution is -0.384. The van der Waals surface area contributed by atoms with Gasteiger partial charge in [0.1, 0.15) is 17.9 Å². The first-order chi connectivity index (χ1) is 11.0. The van der Waals surface area contributed by atoms with E-state index < -0.39 is 16.6 Å². The maximum Gasteiger partial charge on any atom is 0.271 e. The van der Waals surface area contributed by atoms with Gasteiger partial charge in [0.15, 0.2) is 0 Å². The number of anilines is 1. The fourth-order valence-corrected chi connectivity index (χ4v) is 2.08. The quantitative estimate of drug-likeness (QED) is 0.586. The van der Waals surface area contributed by atoms with E-state index in [0.29, 0.717) is 11.0 Å². The first kappa shape index (κ1) is 14.6. The SMILES string of the molecule is O=C(Cn1nnc2ccccc21)Nc1cc([N+](=O)[O-])ccc1F. The average molecular weight is 315 g/mol. The lowest BCUT2D eigenvalue weighted by Gasteiger charge is -2.06. The number of hydrogen-bond donors (Lipinski definition) is 1. The minimum atomic E-state index is -0.757. The second kappa shape index (κ2) is 5.79. The van der Waals surface area contributed by atoms with Crippen LogP contribution in [-0.2, 0) is 11.3 Å².